The van der Waals surface area contributed by atoms with Crippen molar-refractivity contribution in [3.8, 4) is 17.0 Å². The predicted molar refractivity (Wildman–Crippen MR) is 74.4 cm³/mol. The van der Waals surface area contributed by atoms with Crippen molar-refractivity contribution in [3.63, 3.8) is 0 Å². The van der Waals surface area contributed by atoms with E-state index in [9.17, 15) is 4.39 Å². The van der Waals surface area contributed by atoms with E-state index in [2.05, 4.69) is 10.2 Å². The summed E-state index contributed by atoms with van der Waals surface area (Å²) in [5, 5.41) is 11.2. The number of methoxy groups -OCH3 is 1. The van der Waals surface area contributed by atoms with Crippen molar-refractivity contribution in [1.82, 2.24) is 10.2 Å². The fourth-order valence-electron chi connectivity index (χ4n) is 1.91. The first-order valence-electron chi connectivity index (χ1n) is 5.44. The van der Waals surface area contributed by atoms with Gasteiger partial charge in [-0.15, -0.1) is 21.5 Å². The van der Waals surface area contributed by atoms with Crippen LogP contribution in [0.1, 0.15) is 0 Å². The largest absolute Gasteiger partial charge is 0.496 e. The third-order valence-electron chi connectivity index (χ3n) is 2.76. The highest BCUT2D eigenvalue weighted by molar-refractivity contribution is 7.17. The molecule has 3 rings (SSSR count). The van der Waals surface area contributed by atoms with Crippen LogP contribution in [-0.2, 0) is 0 Å². The molecule has 0 atom stereocenters. The molecule has 3 nitrogen and oxygen atoms in total. The molecule has 0 spiro atoms. The van der Waals surface area contributed by atoms with Gasteiger partial charge in [-0.25, -0.2) is 4.39 Å². The summed E-state index contributed by atoms with van der Waals surface area (Å²) >= 11 is 7.49. The smallest absolute Gasteiger partial charge is 0.169 e. The number of rotatable bonds is 2. The highest BCUT2D eigenvalue weighted by Crippen LogP contribution is 2.37. The minimum absolute atomic E-state index is 0.357. The predicted octanol–water partition coefficient (Wildman–Crippen LogP) is 4.16. The zero-order valence-corrected chi connectivity index (χ0v) is 11.4. The summed E-state index contributed by atoms with van der Waals surface area (Å²) in [5.41, 5.74) is 1.33. The number of thiophene rings is 1. The number of fused-ring (bicyclic) bond motifs is 1. The van der Waals surface area contributed by atoms with Crippen LogP contribution in [0.2, 0.25) is 5.15 Å². The van der Waals surface area contributed by atoms with Crippen molar-refractivity contribution in [3.05, 3.63) is 40.6 Å². The summed E-state index contributed by atoms with van der Waals surface area (Å²) in [6, 6.07) is 6.23. The van der Waals surface area contributed by atoms with E-state index in [4.69, 9.17) is 16.3 Å². The van der Waals surface area contributed by atoms with Crippen molar-refractivity contribution < 1.29 is 9.13 Å². The van der Waals surface area contributed by atoms with Crippen LogP contribution in [-0.4, -0.2) is 17.3 Å². The summed E-state index contributed by atoms with van der Waals surface area (Å²) < 4.78 is 19.3. The summed E-state index contributed by atoms with van der Waals surface area (Å²) in [4.78, 5) is 0. The lowest BCUT2D eigenvalue weighted by atomic mass is 10.1. The Morgan fingerprint density at radius 1 is 1.26 bits per heavy atom. The third kappa shape index (κ3) is 2.05. The summed E-state index contributed by atoms with van der Waals surface area (Å²) in [6.07, 6.45) is 0. The Morgan fingerprint density at radius 3 is 2.89 bits per heavy atom. The second kappa shape index (κ2) is 4.75. The van der Waals surface area contributed by atoms with Crippen LogP contribution in [0.4, 0.5) is 4.39 Å². The van der Waals surface area contributed by atoms with Gasteiger partial charge < -0.3 is 4.74 Å². The molecule has 0 bridgehead atoms. The molecule has 19 heavy (non-hydrogen) atoms. The Balaban J connectivity index is 2.30. The average Bonchev–Trinajstić information content (AvgIpc) is 2.90. The minimum Gasteiger partial charge on any atom is -0.496 e. The van der Waals surface area contributed by atoms with Crippen molar-refractivity contribution >= 4 is 33.0 Å². The quantitative estimate of drug-likeness (QED) is 0.712. The van der Waals surface area contributed by atoms with Gasteiger partial charge in [0.1, 0.15) is 17.3 Å². The lowest BCUT2D eigenvalue weighted by Crippen LogP contribution is -1.94. The Bertz CT molecular complexity index is 759. The van der Waals surface area contributed by atoms with Crippen LogP contribution in [0, 0.1) is 5.82 Å². The lowest BCUT2D eigenvalue weighted by molar-refractivity contribution is 0.413. The molecule has 0 fully saturated rings. The van der Waals surface area contributed by atoms with E-state index in [-0.39, 0.29) is 5.82 Å². The van der Waals surface area contributed by atoms with Gasteiger partial charge in [0.15, 0.2) is 5.15 Å². The summed E-state index contributed by atoms with van der Waals surface area (Å²) in [5.74, 6) is 0.0632. The van der Waals surface area contributed by atoms with Gasteiger partial charge in [-0.1, -0.05) is 11.6 Å². The standard InChI is InChI=1S/C13H8ClFN2OS/c1-18-10-6-7(15)2-3-8(10)11-9-4-5-19-12(9)13(14)17-16-11/h2-6H,1H3. The van der Waals surface area contributed by atoms with Gasteiger partial charge in [-0.2, -0.15) is 0 Å². The molecule has 0 aliphatic rings. The number of ether oxygens (including phenoxy) is 1. The second-order valence-corrected chi connectivity index (χ2v) is 5.12. The van der Waals surface area contributed by atoms with Crippen molar-refractivity contribution in [1.29, 1.82) is 0 Å². The molecular formula is C13H8ClFN2OS. The van der Waals surface area contributed by atoms with Crippen molar-refractivity contribution in [2.24, 2.45) is 0 Å². The monoisotopic (exact) mass is 294 g/mol. The Hall–Kier alpha value is -1.72. The average molecular weight is 295 g/mol. The number of hydrogen-bond donors (Lipinski definition) is 0. The fourth-order valence-corrected chi connectivity index (χ4v) is 2.95. The van der Waals surface area contributed by atoms with Crippen LogP contribution in [0.25, 0.3) is 21.3 Å². The molecule has 6 heteroatoms. The van der Waals surface area contributed by atoms with E-state index in [0.29, 0.717) is 22.2 Å². The van der Waals surface area contributed by atoms with Gasteiger partial charge in [0.2, 0.25) is 0 Å². The molecule has 0 aliphatic carbocycles. The van der Waals surface area contributed by atoms with Gasteiger partial charge in [-0.05, 0) is 23.6 Å². The SMILES string of the molecule is COc1cc(F)ccc1-c1nnc(Cl)c2sccc12. The molecule has 0 N–H and O–H groups in total. The number of nitrogens with zero attached hydrogens (tertiary/aromatic N) is 2. The Labute approximate surface area is 117 Å². The lowest BCUT2D eigenvalue weighted by Gasteiger charge is -2.08. The Morgan fingerprint density at radius 2 is 2.11 bits per heavy atom. The molecule has 0 aliphatic heterocycles. The highest BCUT2D eigenvalue weighted by Gasteiger charge is 2.15. The van der Waals surface area contributed by atoms with Gasteiger partial charge in [0.25, 0.3) is 0 Å². The molecule has 3 aromatic rings. The Kier molecular flexibility index (Phi) is 3.08. The van der Waals surface area contributed by atoms with Crippen molar-refractivity contribution in [2.45, 2.75) is 0 Å². The highest BCUT2D eigenvalue weighted by atomic mass is 35.5. The molecule has 0 saturated carbocycles. The van der Waals surface area contributed by atoms with Crippen LogP contribution < -0.4 is 4.74 Å². The molecule has 0 amide bonds. The molecule has 96 valence electrons. The van der Waals surface area contributed by atoms with Crippen LogP contribution in [0.5, 0.6) is 5.75 Å². The van der Waals surface area contributed by atoms with Gasteiger partial charge in [0, 0.05) is 17.0 Å². The topological polar surface area (TPSA) is 35.0 Å². The normalized spacial score (nSPS) is 10.9. The number of benzene rings is 1. The van der Waals surface area contributed by atoms with E-state index in [0.717, 1.165) is 10.1 Å². The maximum absolute atomic E-state index is 13.2. The number of halogens is 2. The molecule has 0 saturated heterocycles. The summed E-state index contributed by atoms with van der Waals surface area (Å²) in [6.45, 7) is 0. The van der Waals surface area contributed by atoms with E-state index in [1.165, 1.54) is 30.6 Å². The second-order valence-electron chi connectivity index (χ2n) is 3.85. The first-order valence-corrected chi connectivity index (χ1v) is 6.70. The maximum atomic E-state index is 13.2. The molecule has 2 heterocycles. The van der Waals surface area contributed by atoms with Gasteiger partial charge in [0.05, 0.1) is 11.8 Å². The number of aromatic nitrogens is 2. The van der Waals surface area contributed by atoms with E-state index >= 15 is 0 Å². The molecule has 0 radical (unpaired) electrons. The fraction of sp³-hybridized carbons (Fsp3) is 0.0769. The maximum Gasteiger partial charge on any atom is 0.169 e. The molecular weight excluding hydrogens is 287 g/mol. The first kappa shape index (κ1) is 12.3. The van der Waals surface area contributed by atoms with Crippen molar-refractivity contribution in [2.75, 3.05) is 7.11 Å². The van der Waals surface area contributed by atoms with Crippen LogP contribution >= 0.6 is 22.9 Å². The minimum atomic E-state index is -0.357. The van der Waals surface area contributed by atoms with Gasteiger partial charge >= 0.3 is 0 Å². The van der Waals surface area contributed by atoms with Crippen LogP contribution in [0.15, 0.2) is 29.6 Å². The molecule has 2 aromatic heterocycles. The zero-order valence-electron chi connectivity index (χ0n) is 9.85. The molecule has 0 unspecified atom stereocenters. The van der Waals surface area contributed by atoms with E-state index in [1.807, 2.05) is 11.4 Å². The van der Waals surface area contributed by atoms with E-state index in [1.54, 1.807) is 6.07 Å². The van der Waals surface area contributed by atoms with Gasteiger partial charge in [-0.3, -0.25) is 0 Å². The first-order chi connectivity index (χ1) is 9.20. The number of hydrogen-bond acceptors (Lipinski definition) is 4. The summed E-state index contributed by atoms with van der Waals surface area (Å²) in [7, 11) is 1.49. The van der Waals surface area contributed by atoms with E-state index < -0.39 is 0 Å². The molecule has 1 aromatic carbocycles. The van der Waals surface area contributed by atoms with Crippen LogP contribution in [0.3, 0.4) is 0 Å². The third-order valence-corrected chi connectivity index (χ3v) is 4.06. The zero-order chi connectivity index (χ0) is 13.4.